The van der Waals surface area contributed by atoms with Crippen LogP contribution < -0.4 is 4.74 Å². The molecule has 5 atom stereocenters. The van der Waals surface area contributed by atoms with Crippen molar-refractivity contribution in [2.75, 3.05) is 6.61 Å². The highest BCUT2D eigenvalue weighted by molar-refractivity contribution is 5.77. The third kappa shape index (κ3) is 7.52. The van der Waals surface area contributed by atoms with Crippen molar-refractivity contribution in [1.82, 2.24) is 0 Å². The molecule has 2 aromatic carbocycles. The molecule has 9 nitrogen and oxygen atoms in total. The maximum Gasteiger partial charge on any atom is 0.338 e. The molecule has 0 unspecified atom stereocenters. The van der Waals surface area contributed by atoms with E-state index in [0.29, 0.717) is 25.0 Å². The fourth-order valence-corrected chi connectivity index (χ4v) is 3.88. The van der Waals surface area contributed by atoms with Crippen molar-refractivity contribution in [3.05, 3.63) is 65.2 Å². The van der Waals surface area contributed by atoms with E-state index in [1.165, 1.54) is 0 Å². The zero-order chi connectivity index (χ0) is 27.2. The van der Waals surface area contributed by atoms with Gasteiger partial charge in [-0.1, -0.05) is 42.5 Å². The van der Waals surface area contributed by atoms with Gasteiger partial charge in [-0.25, -0.2) is 4.79 Å². The van der Waals surface area contributed by atoms with Crippen LogP contribution in [0.2, 0.25) is 0 Å². The number of aliphatic hydroxyl groups is 3. The third-order valence-electron chi connectivity index (χ3n) is 6.35. The minimum Gasteiger partial charge on any atom is -0.493 e. The van der Waals surface area contributed by atoms with E-state index >= 15 is 0 Å². The zero-order valence-corrected chi connectivity index (χ0v) is 21.6. The Kier molecular flexibility index (Phi) is 9.67. The number of carbonyl (C=O) groups is 2. The van der Waals surface area contributed by atoms with Gasteiger partial charge in [-0.3, -0.25) is 4.79 Å². The highest BCUT2D eigenvalue weighted by Gasteiger charge is 2.50. The topological polar surface area (TPSA) is 132 Å². The van der Waals surface area contributed by atoms with Crippen LogP contribution in [-0.2, 0) is 30.4 Å². The minimum atomic E-state index is -1.78. The fourth-order valence-electron chi connectivity index (χ4n) is 3.88. The maximum absolute atomic E-state index is 12.9. The SMILES string of the molecule is Cc1ccc(C)c(OCCCC(C)(C)C(=O)O[C@@H]2O[C@@H](C(=O)OCc3ccccc3)[C@@H](O)[C@@H](O)[C@@H]2O)c1. The molecule has 9 heteroatoms. The van der Waals surface area contributed by atoms with Crippen LogP contribution >= 0.6 is 0 Å². The summed E-state index contributed by atoms with van der Waals surface area (Å²) in [5, 5.41) is 30.9. The van der Waals surface area contributed by atoms with Gasteiger partial charge in [-0.2, -0.15) is 0 Å². The van der Waals surface area contributed by atoms with Crippen LogP contribution in [0.5, 0.6) is 5.75 Å². The molecule has 202 valence electrons. The molecule has 0 radical (unpaired) electrons. The van der Waals surface area contributed by atoms with Crippen molar-refractivity contribution < 1.29 is 43.9 Å². The molecule has 2 aromatic rings. The standard InChI is InChI=1S/C28H36O9/c1-17-11-12-18(2)20(15-17)34-14-8-13-28(3,4)27(33)37-26-23(31)21(29)22(30)24(36-26)25(32)35-16-19-9-6-5-7-10-19/h5-7,9-12,15,21-24,26,29-31H,8,13-14,16H2,1-4H3/t21-,22+,23+,24-,26+/m1/s1. The first-order valence-corrected chi connectivity index (χ1v) is 12.3. The van der Waals surface area contributed by atoms with E-state index in [-0.39, 0.29) is 6.61 Å². The van der Waals surface area contributed by atoms with Crippen molar-refractivity contribution in [3.8, 4) is 5.75 Å². The predicted molar refractivity (Wildman–Crippen MR) is 133 cm³/mol. The molecule has 0 saturated carbocycles. The van der Waals surface area contributed by atoms with Gasteiger partial charge in [-0.05, 0) is 63.3 Å². The second-order valence-corrected chi connectivity index (χ2v) is 10.0. The molecule has 1 aliphatic heterocycles. The number of ether oxygens (including phenoxy) is 4. The number of carbonyl (C=O) groups excluding carboxylic acids is 2. The van der Waals surface area contributed by atoms with Gasteiger partial charge in [0.15, 0.2) is 6.10 Å². The van der Waals surface area contributed by atoms with Crippen LogP contribution in [0, 0.1) is 19.3 Å². The molecule has 37 heavy (non-hydrogen) atoms. The summed E-state index contributed by atoms with van der Waals surface area (Å²) in [5.41, 5.74) is 1.85. The van der Waals surface area contributed by atoms with Gasteiger partial charge < -0.3 is 34.3 Å². The average Bonchev–Trinajstić information content (AvgIpc) is 2.87. The Morgan fingerprint density at radius 2 is 1.68 bits per heavy atom. The number of hydrogen-bond acceptors (Lipinski definition) is 9. The first-order chi connectivity index (χ1) is 17.5. The quantitative estimate of drug-likeness (QED) is 0.322. The Morgan fingerprint density at radius 1 is 0.973 bits per heavy atom. The molecule has 0 aromatic heterocycles. The molecule has 0 aliphatic carbocycles. The number of esters is 2. The van der Waals surface area contributed by atoms with Crippen molar-refractivity contribution in [1.29, 1.82) is 0 Å². The van der Waals surface area contributed by atoms with E-state index < -0.39 is 48.1 Å². The Bertz CT molecular complexity index is 1050. The van der Waals surface area contributed by atoms with E-state index in [9.17, 15) is 24.9 Å². The van der Waals surface area contributed by atoms with E-state index in [4.69, 9.17) is 18.9 Å². The molecule has 1 saturated heterocycles. The van der Waals surface area contributed by atoms with E-state index in [2.05, 4.69) is 0 Å². The maximum atomic E-state index is 12.9. The van der Waals surface area contributed by atoms with Gasteiger partial charge in [0.2, 0.25) is 6.29 Å². The molecular weight excluding hydrogens is 480 g/mol. The summed E-state index contributed by atoms with van der Waals surface area (Å²) in [4.78, 5) is 25.4. The highest BCUT2D eigenvalue weighted by Crippen LogP contribution is 2.29. The summed E-state index contributed by atoms with van der Waals surface area (Å²) in [6.07, 6.45) is -7.63. The van der Waals surface area contributed by atoms with Crippen LogP contribution in [0.4, 0.5) is 0 Å². The lowest BCUT2D eigenvalue weighted by Crippen LogP contribution is -2.61. The summed E-state index contributed by atoms with van der Waals surface area (Å²) < 4.78 is 21.8. The van der Waals surface area contributed by atoms with Gasteiger partial charge in [0.05, 0.1) is 12.0 Å². The summed E-state index contributed by atoms with van der Waals surface area (Å²) in [7, 11) is 0. The molecule has 0 spiro atoms. The molecule has 0 amide bonds. The third-order valence-corrected chi connectivity index (χ3v) is 6.35. The Morgan fingerprint density at radius 3 is 2.38 bits per heavy atom. The molecule has 3 rings (SSSR count). The Labute approximate surface area is 216 Å². The number of aliphatic hydroxyl groups excluding tert-OH is 3. The van der Waals surface area contributed by atoms with Gasteiger partial charge in [0.25, 0.3) is 0 Å². The largest absolute Gasteiger partial charge is 0.493 e. The normalized spacial score (nSPS) is 23.8. The number of rotatable bonds is 10. The Hall–Kier alpha value is -2.98. The molecular formula is C28H36O9. The number of benzene rings is 2. The lowest BCUT2D eigenvalue weighted by atomic mass is 9.88. The second-order valence-electron chi connectivity index (χ2n) is 10.0. The van der Waals surface area contributed by atoms with Crippen LogP contribution in [-0.4, -0.2) is 64.6 Å². The zero-order valence-electron chi connectivity index (χ0n) is 21.6. The fraction of sp³-hybridized carbons (Fsp3) is 0.500. The lowest BCUT2D eigenvalue weighted by molar-refractivity contribution is -0.290. The summed E-state index contributed by atoms with van der Waals surface area (Å²) in [6, 6.07) is 14.8. The molecule has 3 N–H and O–H groups in total. The second kappa shape index (κ2) is 12.5. The highest BCUT2D eigenvalue weighted by atomic mass is 16.7. The average molecular weight is 517 g/mol. The molecule has 1 heterocycles. The van der Waals surface area contributed by atoms with Crippen LogP contribution in [0.25, 0.3) is 0 Å². The van der Waals surface area contributed by atoms with Gasteiger partial charge in [0, 0.05) is 0 Å². The monoisotopic (exact) mass is 516 g/mol. The van der Waals surface area contributed by atoms with Crippen molar-refractivity contribution >= 4 is 11.9 Å². The van der Waals surface area contributed by atoms with Gasteiger partial charge in [-0.15, -0.1) is 0 Å². The van der Waals surface area contributed by atoms with Crippen LogP contribution in [0.1, 0.15) is 43.4 Å². The van der Waals surface area contributed by atoms with Crippen LogP contribution in [0.3, 0.4) is 0 Å². The first kappa shape index (κ1) is 28.6. The molecule has 0 bridgehead atoms. The summed E-state index contributed by atoms with van der Waals surface area (Å²) in [6.45, 7) is 7.62. The van der Waals surface area contributed by atoms with Gasteiger partial charge >= 0.3 is 11.9 Å². The lowest BCUT2D eigenvalue weighted by Gasteiger charge is -2.39. The van der Waals surface area contributed by atoms with Crippen molar-refractivity contribution in [2.24, 2.45) is 5.41 Å². The van der Waals surface area contributed by atoms with Gasteiger partial charge in [0.1, 0.15) is 30.7 Å². The summed E-state index contributed by atoms with van der Waals surface area (Å²) in [5.74, 6) is -0.855. The number of aryl methyl sites for hydroxylation is 2. The summed E-state index contributed by atoms with van der Waals surface area (Å²) >= 11 is 0. The van der Waals surface area contributed by atoms with Crippen molar-refractivity contribution in [2.45, 2.75) is 77.8 Å². The molecule has 1 aliphatic rings. The van der Waals surface area contributed by atoms with E-state index in [1.807, 2.05) is 38.1 Å². The smallest absolute Gasteiger partial charge is 0.338 e. The van der Waals surface area contributed by atoms with Crippen LogP contribution in [0.15, 0.2) is 48.5 Å². The predicted octanol–water partition coefficient (Wildman–Crippen LogP) is 2.58. The Balaban J connectivity index is 1.54. The molecule has 1 fully saturated rings. The number of hydrogen-bond donors (Lipinski definition) is 3. The van der Waals surface area contributed by atoms with E-state index in [1.54, 1.807) is 38.1 Å². The van der Waals surface area contributed by atoms with Crippen molar-refractivity contribution in [3.63, 3.8) is 0 Å². The first-order valence-electron chi connectivity index (χ1n) is 12.3. The minimum absolute atomic E-state index is 0.0769. The van der Waals surface area contributed by atoms with E-state index in [0.717, 1.165) is 16.9 Å².